The molecule has 0 N–H and O–H groups in total. The van der Waals surface area contributed by atoms with E-state index >= 15 is 0 Å². The molecular weight excluding hydrogens is 793 g/mol. The van der Waals surface area contributed by atoms with Crippen LogP contribution in [0.15, 0.2) is 259 Å². The third-order valence-corrected chi connectivity index (χ3v) is 17.7. The quantitative estimate of drug-likeness (QED) is 0.107. The molecule has 0 aliphatic heterocycles. The van der Waals surface area contributed by atoms with Gasteiger partial charge in [-0.1, -0.05) is 194 Å². The first kappa shape index (κ1) is 37.6. The zero-order chi connectivity index (χ0) is 42.5. The van der Waals surface area contributed by atoms with Crippen molar-refractivity contribution in [3.8, 4) is 16.8 Å². The van der Waals surface area contributed by atoms with E-state index < -0.39 is 8.07 Å². The number of furan rings is 1. The standard InChI is InChI=1S/C60H42N2OSi/c1-5-19-44(20-6-1)62-55-31-15-13-28-54(55)59-51(29-17-32-56(59)62)43-35-37-45(38-36-43)61(57-33-18-30-53-52-27-14-16-34-58(52)63-60(53)57)46-39-41-50(42-40-46)64(47-21-7-2-8-22-47,48-23-9-3-10-24-48)49-25-11-4-12-26-49/h1-42H. The Morgan fingerprint density at radius 1 is 0.359 bits per heavy atom. The maximum absolute atomic E-state index is 6.74. The topological polar surface area (TPSA) is 21.3 Å². The normalized spacial score (nSPS) is 11.8. The van der Waals surface area contributed by atoms with Gasteiger partial charge in [-0.2, -0.15) is 0 Å². The molecule has 0 bridgehead atoms. The molecule has 12 rings (SSSR count). The summed E-state index contributed by atoms with van der Waals surface area (Å²) in [5.41, 5.74) is 10.7. The summed E-state index contributed by atoms with van der Waals surface area (Å²) in [5, 5.41) is 10.1. The number of nitrogens with zero attached hydrogens (tertiary/aromatic N) is 2. The van der Waals surface area contributed by atoms with Gasteiger partial charge in [0.15, 0.2) is 13.7 Å². The highest BCUT2D eigenvalue weighted by molar-refractivity contribution is 7.19. The van der Waals surface area contributed by atoms with Crippen LogP contribution in [0.3, 0.4) is 0 Å². The molecule has 12 aromatic rings. The molecule has 0 saturated heterocycles. The van der Waals surface area contributed by atoms with Crippen LogP contribution in [0.4, 0.5) is 17.1 Å². The highest BCUT2D eigenvalue weighted by Crippen LogP contribution is 2.44. The van der Waals surface area contributed by atoms with Crippen molar-refractivity contribution in [1.29, 1.82) is 0 Å². The maximum atomic E-state index is 6.74. The summed E-state index contributed by atoms with van der Waals surface area (Å²) in [7, 11) is -2.73. The monoisotopic (exact) mass is 834 g/mol. The van der Waals surface area contributed by atoms with Crippen LogP contribution in [-0.4, -0.2) is 12.6 Å². The predicted octanol–water partition coefficient (Wildman–Crippen LogP) is 13.2. The van der Waals surface area contributed by atoms with Gasteiger partial charge in [0.25, 0.3) is 0 Å². The average Bonchev–Trinajstić information content (AvgIpc) is 3.93. The van der Waals surface area contributed by atoms with Gasteiger partial charge in [-0.3, -0.25) is 0 Å². The van der Waals surface area contributed by atoms with Crippen LogP contribution < -0.4 is 25.6 Å². The van der Waals surface area contributed by atoms with Crippen molar-refractivity contribution < 1.29 is 4.42 Å². The molecule has 0 saturated carbocycles. The molecule has 3 nitrogen and oxygen atoms in total. The molecule has 0 aliphatic carbocycles. The minimum atomic E-state index is -2.73. The van der Waals surface area contributed by atoms with Gasteiger partial charge in [0.2, 0.25) is 0 Å². The van der Waals surface area contributed by atoms with Crippen molar-refractivity contribution in [1.82, 2.24) is 4.57 Å². The van der Waals surface area contributed by atoms with Crippen LogP contribution in [-0.2, 0) is 0 Å². The molecule has 0 unspecified atom stereocenters. The fourth-order valence-corrected chi connectivity index (χ4v) is 14.9. The predicted molar refractivity (Wildman–Crippen MR) is 272 cm³/mol. The van der Waals surface area contributed by atoms with Crippen molar-refractivity contribution >= 4 is 89.6 Å². The first-order valence-corrected chi connectivity index (χ1v) is 23.9. The van der Waals surface area contributed by atoms with Crippen LogP contribution in [0.5, 0.6) is 0 Å². The van der Waals surface area contributed by atoms with Gasteiger partial charge >= 0.3 is 0 Å². The second-order valence-corrected chi connectivity index (χ2v) is 20.2. The first-order valence-electron chi connectivity index (χ1n) is 21.9. The number of fused-ring (bicyclic) bond motifs is 6. The van der Waals surface area contributed by atoms with Gasteiger partial charge in [0, 0.05) is 38.6 Å². The van der Waals surface area contributed by atoms with E-state index in [4.69, 9.17) is 4.42 Å². The molecule has 0 aliphatic rings. The summed E-state index contributed by atoms with van der Waals surface area (Å²) >= 11 is 0. The molecule has 4 heteroatoms. The fraction of sp³-hybridized carbons (Fsp3) is 0. The Bertz CT molecular complexity index is 3490. The van der Waals surface area contributed by atoms with Crippen molar-refractivity contribution in [3.63, 3.8) is 0 Å². The van der Waals surface area contributed by atoms with Crippen molar-refractivity contribution in [2.24, 2.45) is 0 Å². The van der Waals surface area contributed by atoms with E-state index in [1.807, 2.05) is 6.07 Å². The summed E-state index contributed by atoms with van der Waals surface area (Å²) < 4.78 is 9.12. The number of hydrogen-bond donors (Lipinski definition) is 0. The van der Waals surface area contributed by atoms with Gasteiger partial charge in [-0.25, -0.2) is 0 Å². The molecule has 2 aromatic heterocycles. The Balaban J connectivity index is 1.04. The molecule has 64 heavy (non-hydrogen) atoms. The highest BCUT2D eigenvalue weighted by atomic mass is 28.3. The largest absolute Gasteiger partial charge is 0.454 e. The zero-order valence-electron chi connectivity index (χ0n) is 35.1. The van der Waals surface area contributed by atoms with E-state index in [-0.39, 0.29) is 0 Å². The lowest BCUT2D eigenvalue weighted by atomic mass is 9.99. The third-order valence-electron chi connectivity index (χ3n) is 13.0. The summed E-state index contributed by atoms with van der Waals surface area (Å²) in [6.45, 7) is 0. The van der Waals surface area contributed by atoms with Crippen LogP contribution in [0, 0.1) is 0 Å². The highest BCUT2D eigenvalue weighted by Gasteiger charge is 2.41. The van der Waals surface area contributed by atoms with E-state index in [1.165, 1.54) is 48.1 Å². The van der Waals surface area contributed by atoms with Crippen LogP contribution in [0.1, 0.15) is 0 Å². The lowest BCUT2D eigenvalue weighted by Crippen LogP contribution is -2.74. The van der Waals surface area contributed by atoms with Gasteiger partial charge in [0.1, 0.15) is 5.58 Å². The smallest absolute Gasteiger partial charge is 0.179 e. The first-order chi connectivity index (χ1) is 31.8. The molecule has 0 atom stereocenters. The van der Waals surface area contributed by atoms with E-state index in [0.717, 1.165) is 50.3 Å². The lowest BCUT2D eigenvalue weighted by Gasteiger charge is -2.35. The fourth-order valence-electron chi connectivity index (χ4n) is 10.2. The van der Waals surface area contributed by atoms with E-state index in [2.05, 4.69) is 258 Å². The van der Waals surface area contributed by atoms with Gasteiger partial charge in [-0.05, 0) is 92.5 Å². The minimum absolute atomic E-state index is 0.858. The van der Waals surface area contributed by atoms with Gasteiger partial charge < -0.3 is 13.9 Å². The molecule has 2 heterocycles. The number of benzene rings is 10. The Morgan fingerprint density at radius 3 is 1.48 bits per heavy atom. The molecule has 0 amide bonds. The Morgan fingerprint density at radius 2 is 0.844 bits per heavy atom. The molecule has 0 fully saturated rings. The molecule has 302 valence electrons. The van der Waals surface area contributed by atoms with E-state index in [1.54, 1.807) is 0 Å². The SMILES string of the molecule is c1ccc(-n2c3ccccc3c3c(-c4ccc(N(c5ccc([Si](c6ccccc6)(c6ccccc6)c6ccccc6)cc5)c5cccc6c5oc5ccccc56)cc4)cccc32)cc1. The van der Waals surface area contributed by atoms with Crippen molar-refractivity contribution in [2.45, 2.75) is 0 Å². The molecule has 0 spiro atoms. The molecule has 10 aromatic carbocycles. The maximum Gasteiger partial charge on any atom is 0.179 e. The zero-order valence-corrected chi connectivity index (χ0v) is 36.1. The van der Waals surface area contributed by atoms with Gasteiger partial charge in [-0.15, -0.1) is 0 Å². The number of para-hydroxylation sites is 4. The summed E-state index contributed by atoms with van der Waals surface area (Å²) in [6, 6.07) is 92.7. The summed E-state index contributed by atoms with van der Waals surface area (Å²) in [5.74, 6) is 0. The third kappa shape index (κ3) is 6.03. The second kappa shape index (κ2) is 15.6. The Labute approximate surface area is 373 Å². The van der Waals surface area contributed by atoms with Crippen molar-refractivity contribution in [2.75, 3.05) is 4.90 Å². The van der Waals surface area contributed by atoms with Crippen LogP contribution >= 0.6 is 0 Å². The number of anilines is 3. The van der Waals surface area contributed by atoms with E-state index in [9.17, 15) is 0 Å². The lowest BCUT2D eigenvalue weighted by molar-refractivity contribution is 0.669. The van der Waals surface area contributed by atoms with E-state index in [0.29, 0.717) is 0 Å². The second-order valence-electron chi connectivity index (χ2n) is 16.4. The van der Waals surface area contributed by atoms with Gasteiger partial charge in [0.05, 0.1) is 16.7 Å². The Kier molecular flexibility index (Phi) is 9.17. The van der Waals surface area contributed by atoms with Crippen LogP contribution in [0.2, 0.25) is 0 Å². The van der Waals surface area contributed by atoms with Crippen LogP contribution in [0.25, 0.3) is 60.6 Å². The Hall–Kier alpha value is -8.18. The van der Waals surface area contributed by atoms with Crippen molar-refractivity contribution in [3.05, 3.63) is 255 Å². The summed E-state index contributed by atoms with van der Waals surface area (Å²) in [4.78, 5) is 2.36. The number of hydrogen-bond acceptors (Lipinski definition) is 2. The number of aromatic nitrogens is 1. The molecular formula is C60H42N2OSi. The minimum Gasteiger partial charge on any atom is -0.454 e. The number of rotatable bonds is 9. The molecule has 0 radical (unpaired) electrons. The summed E-state index contributed by atoms with van der Waals surface area (Å²) in [6.07, 6.45) is 0. The average molecular weight is 835 g/mol.